The summed E-state index contributed by atoms with van der Waals surface area (Å²) in [5, 5.41) is 3.53. The van der Waals surface area contributed by atoms with Crippen molar-refractivity contribution < 1.29 is 14.4 Å². The predicted octanol–water partition coefficient (Wildman–Crippen LogP) is 3.98. The number of amides is 1. The first-order valence-corrected chi connectivity index (χ1v) is 8.18. The Bertz CT molecular complexity index is 741. The molecule has 0 heterocycles. The summed E-state index contributed by atoms with van der Waals surface area (Å²) in [4.78, 5) is 18.2. The molecule has 0 fully saturated rings. The molecule has 0 aliphatic carbocycles. The molecule has 132 valence electrons. The highest BCUT2D eigenvalue weighted by molar-refractivity contribution is 6.32. The predicted molar refractivity (Wildman–Crippen MR) is 100 cm³/mol. The fourth-order valence-electron chi connectivity index (χ4n) is 2.51. The topological polar surface area (TPSA) is 51.1 Å². The van der Waals surface area contributed by atoms with Crippen molar-refractivity contribution in [2.24, 2.45) is 5.16 Å². The normalized spacial score (nSPS) is 10.9. The van der Waals surface area contributed by atoms with Crippen molar-refractivity contribution in [1.82, 2.24) is 0 Å². The third-order valence-corrected chi connectivity index (χ3v) is 3.88. The number of oxime groups is 1. The van der Waals surface area contributed by atoms with Gasteiger partial charge in [-0.2, -0.15) is 0 Å². The molecule has 0 aliphatic rings. The van der Waals surface area contributed by atoms with E-state index in [9.17, 15) is 4.79 Å². The van der Waals surface area contributed by atoms with E-state index in [1.807, 2.05) is 42.5 Å². The molecule has 0 aromatic heterocycles. The van der Waals surface area contributed by atoms with Crippen molar-refractivity contribution in [3.05, 3.63) is 59.7 Å². The van der Waals surface area contributed by atoms with Gasteiger partial charge in [0.1, 0.15) is 25.7 Å². The quantitative estimate of drug-likeness (QED) is 0.566. The van der Waals surface area contributed by atoms with E-state index >= 15 is 0 Å². The van der Waals surface area contributed by atoms with Gasteiger partial charge in [0.15, 0.2) is 0 Å². The zero-order valence-corrected chi connectivity index (χ0v) is 15.1. The zero-order chi connectivity index (χ0) is 18.2. The standard InChI is InChI=1S/C20H24N2O3/c1-15(2)17-10-6-8-12-19(17)25-14-16-9-5-7-11-18(16)22(3)20(23)13-21-24-4/h5-13,15H,14H2,1-4H3. The highest BCUT2D eigenvalue weighted by Crippen LogP contribution is 2.28. The molecule has 2 aromatic rings. The van der Waals surface area contributed by atoms with Crippen LogP contribution in [0.15, 0.2) is 53.7 Å². The lowest BCUT2D eigenvalue weighted by Crippen LogP contribution is -2.28. The van der Waals surface area contributed by atoms with Crippen LogP contribution in [0.5, 0.6) is 5.75 Å². The Balaban J connectivity index is 2.19. The number of carbonyl (C=O) groups is 1. The van der Waals surface area contributed by atoms with E-state index in [4.69, 9.17) is 4.74 Å². The number of hydrogen-bond acceptors (Lipinski definition) is 4. The molecule has 2 rings (SSSR count). The molecule has 25 heavy (non-hydrogen) atoms. The Morgan fingerprint density at radius 2 is 1.84 bits per heavy atom. The lowest BCUT2D eigenvalue weighted by atomic mass is 10.0. The monoisotopic (exact) mass is 340 g/mol. The van der Waals surface area contributed by atoms with Crippen LogP contribution in [0.25, 0.3) is 0 Å². The summed E-state index contributed by atoms with van der Waals surface area (Å²) in [6, 6.07) is 15.7. The third-order valence-electron chi connectivity index (χ3n) is 3.88. The first-order chi connectivity index (χ1) is 12.0. The molecule has 0 N–H and O–H groups in total. The Morgan fingerprint density at radius 1 is 1.16 bits per heavy atom. The molecule has 0 bridgehead atoms. The summed E-state index contributed by atoms with van der Waals surface area (Å²) < 4.78 is 6.04. The van der Waals surface area contributed by atoms with E-state index in [1.165, 1.54) is 12.0 Å². The number of rotatable bonds is 7. The van der Waals surface area contributed by atoms with E-state index in [2.05, 4.69) is 29.9 Å². The van der Waals surface area contributed by atoms with Gasteiger partial charge in [-0.3, -0.25) is 4.79 Å². The summed E-state index contributed by atoms with van der Waals surface area (Å²) in [5.41, 5.74) is 2.86. The lowest BCUT2D eigenvalue weighted by molar-refractivity contribution is -0.112. The van der Waals surface area contributed by atoms with E-state index in [0.29, 0.717) is 12.5 Å². The number of para-hydroxylation sites is 2. The van der Waals surface area contributed by atoms with Crippen molar-refractivity contribution in [3.8, 4) is 5.75 Å². The van der Waals surface area contributed by atoms with Gasteiger partial charge < -0.3 is 14.5 Å². The molecular formula is C20H24N2O3. The van der Waals surface area contributed by atoms with Crippen molar-refractivity contribution in [2.75, 3.05) is 19.1 Å². The van der Waals surface area contributed by atoms with E-state index in [1.54, 1.807) is 7.05 Å². The van der Waals surface area contributed by atoms with Gasteiger partial charge in [-0.1, -0.05) is 55.4 Å². The van der Waals surface area contributed by atoms with Gasteiger partial charge >= 0.3 is 0 Å². The molecule has 0 aliphatic heterocycles. The van der Waals surface area contributed by atoms with Crippen LogP contribution in [0.2, 0.25) is 0 Å². The second-order valence-corrected chi connectivity index (χ2v) is 5.92. The van der Waals surface area contributed by atoms with Gasteiger partial charge in [-0.05, 0) is 23.6 Å². The minimum atomic E-state index is -0.267. The lowest BCUT2D eigenvalue weighted by Gasteiger charge is -2.20. The SMILES string of the molecule is CON=CC(=O)N(C)c1ccccc1COc1ccccc1C(C)C. The van der Waals surface area contributed by atoms with Crippen LogP contribution in [0.1, 0.15) is 30.9 Å². The molecular weight excluding hydrogens is 316 g/mol. The van der Waals surface area contributed by atoms with Gasteiger partial charge in [0.05, 0.1) is 5.69 Å². The van der Waals surface area contributed by atoms with Crippen LogP contribution in [-0.4, -0.2) is 26.3 Å². The maximum Gasteiger partial charge on any atom is 0.272 e. The van der Waals surface area contributed by atoms with E-state index in [-0.39, 0.29) is 5.91 Å². The molecule has 0 atom stereocenters. The first kappa shape index (κ1) is 18.5. The molecule has 5 heteroatoms. The average Bonchev–Trinajstić information content (AvgIpc) is 2.64. The average molecular weight is 340 g/mol. The number of nitrogens with zero attached hydrogens (tertiary/aromatic N) is 2. The molecule has 5 nitrogen and oxygen atoms in total. The molecule has 0 saturated heterocycles. The number of carbonyl (C=O) groups excluding carboxylic acids is 1. The second kappa shape index (κ2) is 8.87. The summed E-state index contributed by atoms with van der Waals surface area (Å²) in [6.07, 6.45) is 1.14. The minimum Gasteiger partial charge on any atom is -0.489 e. The smallest absolute Gasteiger partial charge is 0.272 e. The van der Waals surface area contributed by atoms with Crippen LogP contribution in [-0.2, 0) is 16.2 Å². The van der Waals surface area contributed by atoms with Gasteiger partial charge in [0.2, 0.25) is 0 Å². The van der Waals surface area contributed by atoms with Gasteiger partial charge in [0, 0.05) is 12.6 Å². The van der Waals surface area contributed by atoms with Gasteiger partial charge in [-0.25, -0.2) is 0 Å². The number of ether oxygens (including phenoxy) is 1. The fourth-order valence-corrected chi connectivity index (χ4v) is 2.51. The molecule has 1 amide bonds. The summed E-state index contributed by atoms with van der Waals surface area (Å²) in [5.74, 6) is 0.972. The molecule has 2 aromatic carbocycles. The number of hydrogen-bond donors (Lipinski definition) is 0. The highest BCUT2D eigenvalue weighted by Gasteiger charge is 2.14. The van der Waals surface area contributed by atoms with Crippen molar-refractivity contribution in [1.29, 1.82) is 0 Å². The summed E-state index contributed by atoms with van der Waals surface area (Å²) >= 11 is 0. The Morgan fingerprint density at radius 3 is 2.56 bits per heavy atom. The molecule has 0 unspecified atom stereocenters. The van der Waals surface area contributed by atoms with Crippen LogP contribution in [0.4, 0.5) is 5.69 Å². The van der Waals surface area contributed by atoms with Crippen molar-refractivity contribution >= 4 is 17.8 Å². The minimum absolute atomic E-state index is 0.267. The van der Waals surface area contributed by atoms with Crippen LogP contribution >= 0.6 is 0 Å². The zero-order valence-electron chi connectivity index (χ0n) is 15.1. The van der Waals surface area contributed by atoms with Gasteiger partial charge in [-0.15, -0.1) is 0 Å². The van der Waals surface area contributed by atoms with Crippen LogP contribution in [0.3, 0.4) is 0 Å². The molecule has 0 saturated carbocycles. The van der Waals surface area contributed by atoms with Crippen LogP contribution < -0.4 is 9.64 Å². The van der Waals surface area contributed by atoms with E-state index < -0.39 is 0 Å². The van der Waals surface area contributed by atoms with Crippen LogP contribution in [0, 0.1) is 0 Å². The third kappa shape index (κ3) is 4.83. The number of anilines is 1. The first-order valence-electron chi connectivity index (χ1n) is 8.18. The maximum atomic E-state index is 12.1. The Kier molecular flexibility index (Phi) is 6.57. The second-order valence-electron chi connectivity index (χ2n) is 5.92. The van der Waals surface area contributed by atoms with E-state index in [0.717, 1.165) is 28.8 Å². The molecule has 0 spiro atoms. The molecule has 0 radical (unpaired) electrons. The van der Waals surface area contributed by atoms with Gasteiger partial charge in [0.25, 0.3) is 5.91 Å². The van der Waals surface area contributed by atoms with Crippen molar-refractivity contribution in [2.45, 2.75) is 26.4 Å². The number of benzene rings is 2. The highest BCUT2D eigenvalue weighted by atomic mass is 16.6. The Hall–Kier alpha value is -2.82. The summed E-state index contributed by atoms with van der Waals surface area (Å²) in [7, 11) is 3.10. The Labute approximate surface area is 148 Å². The summed E-state index contributed by atoms with van der Waals surface area (Å²) in [6.45, 7) is 4.65. The fraction of sp³-hybridized carbons (Fsp3) is 0.300. The largest absolute Gasteiger partial charge is 0.489 e. The maximum absolute atomic E-state index is 12.1. The van der Waals surface area contributed by atoms with Crippen molar-refractivity contribution in [3.63, 3.8) is 0 Å².